The fourth-order valence-corrected chi connectivity index (χ4v) is 5.23. The van der Waals surface area contributed by atoms with Crippen LogP contribution in [0.25, 0.3) is 5.69 Å². The highest BCUT2D eigenvalue weighted by Crippen LogP contribution is 2.38. The summed E-state index contributed by atoms with van der Waals surface area (Å²) < 4.78 is 16.0. The van der Waals surface area contributed by atoms with E-state index in [9.17, 15) is 14.0 Å². The van der Waals surface area contributed by atoms with Gasteiger partial charge in [0.15, 0.2) is 0 Å². The van der Waals surface area contributed by atoms with E-state index in [-0.39, 0.29) is 29.2 Å². The van der Waals surface area contributed by atoms with Gasteiger partial charge in [0.25, 0.3) is 11.5 Å². The fourth-order valence-electron chi connectivity index (χ4n) is 4.65. The molecule has 4 rings (SSSR count). The molecule has 1 aliphatic carbocycles. The second-order valence-electron chi connectivity index (χ2n) is 8.68. The van der Waals surface area contributed by atoms with Gasteiger partial charge in [-0.3, -0.25) is 14.2 Å². The van der Waals surface area contributed by atoms with E-state index >= 15 is 0 Å². The zero-order valence-electron chi connectivity index (χ0n) is 18.9. The smallest absolute Gasteiger partial charge is 0.269 e. The number of nitrogens with zero attached hydrogens (tertiary/aromatic N) is 1. The summed E-state index contributed by atoms with van der Waals surface area (Å²) in [6.45, 7) is 3.84. The van der Waals surface area contributed by atoms with E-state index in [4.69, 9.17) is 0 Å². The molecule has 1 N–H and O–H groups in total. The maximum absolute atomic E-state index is 14.0. The highest BCUT2D eigenvalue weighted by atomic mass is 79.9. The highest BCUT2D eigenvalue weighted by Gasteiger charge is 2.32. The Morgan fingerprint density at radius 1 is 1.18 bits per heavy atom. The minimum Gasteiger partial charge on any atom is -0.345 e. The first kappa shape index (κ1) is 23.4. The second kappa shape index (κ2) is 10.0. The van der Waals surface area contributed by atoms with Crippen molar-refractivity contribution in [2.45, 2.75) is 52.0 Å². The first-order valence-corrected chi connectivity index (χ1v) is 12.3. The van der Waals surface area contributed by atoms with Crippen LogP contribution in [-0.4, -0.2) is 10.5 Å². The van der Waals surface area contributed by atoms with Crippen LogP contribution in [0.3, 0.4) is 0 Å². The minimum atomic E-state index is -0.311. The molecule has 1 aromatic heterocycles. The third-order valence-corrected chi connectivity index (χ3v) is 7.33. The number of hydrogen-bond acceptors (Lipinski definition) is 2. The number of nitrogens with one attached hydrogen (secondary N) is 1. The number of carbonyl (C=O) groups is 1. The van der Waals surface area contributed by atoms with Crippen LogP contribution in [0, 0.1) is 18.7 Å². The van der Waals surface area contributed by atoms with Crippen molar-refractivity contribution in [2.24, 2.45) is 5.92 Å². The molecular formula is C27H28BrFN2O2. The summed E-state index contributed by atoms with van der Waals surface area (Å²) >= 11 is 3.49. The molecule has 0 unspecified atom stereocenters. The largest absolute Gasteiger partial charge is 0.345 e. The molecule has 1 atom stereocenters. The molecule has 1 fully saturated rings. The lowest BCUT2D eigenvalue weighted by atomic mass is 9.77. The average Bonchev–Trinajstić information content (AvgIpc) is 2.76. The lowest BCUT2D eigenvalue weighted by molar-refractivity contribution is 0.0898. The van der Waals surface area contributed by atoms with Crippen molar-refractivity contribution in [3.63, 3.8) is 0 Å². The summed E-state index contributed by atoms with van der Waals surface area (Å²) in [5.41, 5.74) is 3.13. The van der Waals surface area contributed by atoms with Crippen molar-refractivity contribution in [3.05, 3.63) is 97.6 Å². The van der Waals surface area contributed by atoms with E-state index in [1.165, 1.54) is 12.1 Å². The first-order valence-electron chi connectivity index (χ1n) is 11.5. The van der Waals surface area contributed by atoms with Gasteiger partial charge in [-0.25, -0.2) is 4.39 Å². The summed E-state index contributed by atoms with van der Waals surface area (Å²) in [6, 6.07) is 15.5. The van der Waals surface area contributed by atoms with Crippen molar-refractivity contribution < 1.29 is 9.18 Å². The summed E-state index contributed by atoms with van der Waals surface area (Å²) in [5, 5.41) is 3.20. The Morgan fingerprint density at radius 3 is 2.52 bits per heavy atom. The van der Waals surface area contributed by atoms with Crippen LogP contribution in [0.4, 0.5) is 4.39 Å². The molecule has 0 spiro atoms. The summed E-state index contributed by atoms with van der Waals surface area (Å²) in [7, 11) is 0. The normalized spacial score (nSPS) is 14.5. The molecule has 1 amide bonds. The van der Waals surface area contributed by atoms with Crippen molar-refractivity contribution in [1.82, 2.24) is 9.88 Å². The lowest BCUT2D eigenvalue weighted by Crippen LogP contribution is -2.38. The monoisotopic (exact) mass is 510 g/mol. The highest BCUT2D eigenvalue weighted by molar-refractivity contribution is 9.10. The van der Waals surface area contributed by atoms with Gasteiger partial charge in [0.05, 0.1) is 16.1 Å². The van der Waals surface area contributed by atoms with Gasteiger partial charge in [-0.05, 0) is 83.4 Å². The van der Waals surface area contributed by atoms with Crippen molar-refractivity contribution in [3.8, 4) is 5.69 Å². The second-order valence-corrected chi connectivity index (χ2v) is 9.47. The molecule has 6 heteroatoms. The molecule has 1 heterocycles. The SMILES string of the molecule is CCCc1c(C(=O)N[C@H](c2cccc(F)c2)C2CCC2)c(C)n(-c2ccccc2)c(=O)c1Br. The molecule has 0 aliphatic heterocycles. The number of amides is 1. The Balaban J connectivity index is 1.81. The summed E-state index contributed by atoms with van der Waals surface area (Å²) in [6.07, 6.45) is 4.49. The molecule has 0 saturated heterocycles. The zero-order chi connectivity index (χ0) is 23.5. The number of rotatable bonds is 7. The van der Waals surface area contributed by atoms with Crippen molar-refractivity contribution >= 4 is 21.8 Å². The van der Waals surface area contributed by atoms with Gasteiger partial charge >= 0.3 is 0 Å². The van der Waals surface area contributed by atoms with Crippen molar-refractivity contribution in [2.75, 3.05) is 0 Å². The molecule has 0 radical (unpaired) electrons. The molecule has 0 bridgehead atoms. The molecule has 172 valence electrons. The quantitative estimate of drug-likeness (QED) is 0.407. The first-order chi connectivity index (χ1) is 15.9. The van der Waals surface area contributed by atoms with Crippen LogP contribution in [0.5, 0.6) is 0 Å². The zero-order valence-corrected chi connectivity index (χ0v) is 20.5. The van der Waals surface area contributed by atoms with Crippen LogP contribution in [-0.2, 0) is 6.42 Å². The van der Waals surface area contributed by atoms with Crippen LogP contribution >= 0.6 is 15.9 Å². The van der Waals surface area contributed by atoms with E-state index < -0.39 is 0 Å². The Hall–Kier alpha value is -2.73. The Labute approximate surface area is 202 Å². The maximum Gasteiger partial charge on any atom is 0.269 e. The molecule has 3 aromatic rings. The lowest BCUT2D eigenvalue weighted by Gasteiger charge is -2.35. The van der Waals surface area contributed by atoms with Crippen LogP contribution in [0.2, 0.25) is 0 Å². The predicted octanol–water partition coefficient (Wildman–Crippen LogP) is 6.27. The van der Waals surface area contributed by atoms with Gasteiger partial charge in [0.1, 0.15) is 5.82 Å². The van der Waals surface area contributed by atoms with Gasteiger partial charge in [-0.15, -0.1) is 0 Å². The van der Waals surface area contributed by atoms with Gasteiger partial charge in [-0.2, -0.15) is 0 Å². The average molecular weight is 511 g/mol. The maximum atomic E-state index is 14.0. The number of pyridine rings is 1. The minimum absolute atomic E-state index is 0.181. The number of aromatic nitrogens is 1. The molecule has 33 heavy (non-hydrogen) atoms. The number of carbonyl (C=O) groups excluding carboxylic acids is 1. The van der Waals surface area contributed by atoms with Gasteiger partial charge < -0.3 is 5.32 Å². The van der Waals surface area contributed by atoms with Crippen LogP contribution in [0.1, 0.15) is 65.8 Å². The molecule has 1 saturated carbocycles. The Kier molecular flexibility index (Phi) is 7.13. The summed E-state index contributed by atoms with van der Waals surface area (Å²) in [4.78, 5) is 27.0. The number of hydrogen-bond donors (Lipinski definition) is 1. The number of para-hydroxylation sites is 1. The molecular weight excluding hydrogens is 483 g/mol. The molecule has 4 nitrogen and oxygen atoms in total. The van der Waals surface area contributed by atoms with Gasteiger partial charge in [0, 0.05) is 11.4 Å². The van der Waals surface area contributed by atoms with E-state index in [0.717, 1.165) is 36.8 Å². The number of benzene rings is 2. The fraction of sp³-hybridized carbons (Fsp3) is 0.333. The van der Waals surface area contributed by atoms with E-state index in [2.05, 4.69) is 21.2 Å². The van der Waals surface area contributed by atoms with E-state index in [1.54, 1.807) is 10.6 Å². The van der Waals surface area contributed by atoms with Crippen molar-refractivity contribution in [1.29, 1.82) is 0 Å². The molecule has 1 aliphatic rings. The third-order valence-electron chi connectivity index (χ3n) is 6.51. The molecule has 2 aromatic carbocycles. The number of halogens is 2. The predicted molar refractivity (Wildman–Crippen MR) is 132 cm³/mol. The standard InChI is InChI=1S/C27H28BrFN2O2/c1-3-9-22-23(17(2)31(27(33)24(22)28)21-14-5-4-6-15-21)26(32)30-25(18-10-7-11-18)19-12-8-13-20(29)16-19/h4-6,8,12-16,18,25H,3,7,9-11H2,1-2H3,(H,30,32)/t25-/m0/s1. The van der Waals surface area contributed by atoms with Gasteiger partial charge in [-0.1, -0.05) is 50.1 Å². The van der Waals surface area contributed by atoms with E-state index in [1.807, 2.05) is 50.2 Å². The van der Waals surface area contributed by atoms with E-state index in [0.29, 0.717) is 27.8 Å². The third kappa shape index (κ3) is 4.67. The van der Waals surface area contributed by atoms with Gasteiger partial charge in [0.2, 0.25) is 0 Å². The summed E-state index contributed by atoms with van der Waals surface area (Å²) in [5.74, 6) is -0.272. The van der Waals surface area contributed by atoms with Crippen LogP contribution in [0.15, 0.2) is 63.9 Å². The Morgan fingerprint density at radius 2 is 1.91 bits per heavy atom. The topological polar surface area (TPSA) is 51.1 Å². The van der Waals surface area contributed by atoms with Crippen LogP contribution < -0.4 is 10.9 Å². The Bertz CT molecular complexity index is 1220.